The highest BCUT2D eigenvalue weighted by molar-refractivity contribution is 9.10. The number of benzene rings is 1. The van der Waals surface area contributed by atoms with E-state index >= 15 is 0 Å². The Hall–Kier alpha value is -0.870. The predicted molar refractivity (Wildman–Crippen MR) is 55.9 cm³/mol. The molecule has 0 aliphatic carbocycles. The first-order chi connectivity index (χ1) is 6.56. The maximum absolute atomic E-state index is 11.3. The first-order valence-corrected chi connectivity index (χ1v) is 4.81. The van der Waals surface area contributed by atoms with E-state index in [1.165, 1.54) is 13.2 Å². The third kappa shape index (κ3) is 2.33. The average molecular weight is 278 g/mol. The summed E-state index contributed by atoms with van der Waals surface area (Å²) in [5.41, 5.74) is 0.198. The van der Waals surface area contributed by atoms with Gasteiger partial charge in [-0.2, -0.15) is 0 Å². The first kappa shape index (κ1) is 11.2. The molecule has 0 aliphatic rings. The van der Waals surface area contributed by atoms with Gasteiger partial charge in [-0.25, -0.2) is 0 Å². The van der Waals surface area contributed by atoms with E-state index in [9.17, 15) is 9.59 Å². The van der Waals surface area contributed by atoms with E-state index < -0.39 is 11.0 Å². The van der Waals surface area contributed by atoms with Crippen LogP contribution in [0.15, 0.2) is 22.7 Å². The van der Waals surface area contributed by atoms with E-state index in [0.717, 1.165) is 0 Å². The summed E-state index contributed by atoms with van der Waals surface area (Å²) in [6.07, 6.45) is 0. The molecule has 0 spiro atoms. The lowest BCUT2D eigenvalue weighted by Gasteiger charge is -2.03. The molecule has 0 bridgehead atoms. The molecule has 0 heterocycles. The highest BCUT2D eigenvalue weighted by atomic mass is 79.9. The van der Waals surface area contributed by atoms with Crippen LogP contribution >= 0.6 is 27.5 Å². The minimum atomic E-state index is -1.01. The Morgan fingerprint density at radius 2 is 2.07 bits per heavy atom. The number of rotatable bonds is 3. The number of carbonyl (C=O) groups is 2. The third-order valence-corrected chi connectivity index (χ3v) is 2.46. The summed E-state index contributed by atoms with van der Waals surface area (Å²) in [5.74, 6) is -0.257. The number of ether oxygens (including phenoxy) is 1. The zero-order chi connectivity index (χ0) is 10.7. The van der Waals surface area contributed by atoms with Crippen molar-refractivity contribution in [2.45, 2.75) is 0 Å². The fraction of sp³-hybridized carbons (Fsp3) is 0.111. The Bertz CT molecular complexity index is 390. The van der Waals surface area contributed by atoms with Crippen LogP contribution in [0, 0.1) is 0 Å². The zero-order valence-electron chi connectivity index (χ0n) is 7.21. The van der Waals surface area contributed by atoms with E-state index in [1.807, 2.05) is 0 Å². The summed E-state index contributed by atoms with van der Waals surface area (Å²) in [7, 11) is 1.47. The number of methoxy groups -OCH3 is 1. The molecule has 0 atom stereocenters. The number of Topliss-reactive ketones (excluding diaryl/α,β-unsaturated/α-hetero) is 1. The monoisotopic (exact) mass is 276 g/mol. The van der Waals surface area contributed by atoms with Crippen LogP contribution in [0.1, 0.15) is 10.4 Å². The van der Waals surface area contributed by atoms with Gasteiger partial charge in [0.2, 0.25) is 5.78 Å². The number of halogens is 2. The van der Waals surface area contributed by atoms with Crippen molar-refractivity contribution >= 4 is 38.6 Å². The third-order valence-electron chi connectivity index (χ3n) is 1.60. The molecule has 0 saturated carbocycles. The van der Waals surface area contributed by atoms with Crippen molar-refractivity contribution in [1.29, 1.82) is 0 Å². The van der Waals surface area contributed by atoms with Crippen molar-refractivity contribution in [1.82, 2.24) is 0 Å². The van der Waals surface area contributed by atoms with Gasteiger partial charge >= 0.3 is 0 Å². The molecule has 0 saturated heterocycles. The number of hydrogen-bond donors (Lipinski definition) is 0. The van der Waals surface area contributed by atoms with Gasteiger partial charge in [-0.15, -0.1) is 0 Å². The Morgan fingerprint density at radius 3 is 2.57 bits per heavy atom. The molecule has 1 rings (SSSR count). The lowest BCUT2D eigenvalue weighted by molar-refractivity contribution is -0.108. The Morgan fingerprint density at radius 1 is 1.43 bits per heavy atom. The highest BCUT2D eigenvalue weighted by Gasteiger charge is 2.17. The molecule has 0 amide bonds. The smallest absolute Gasteiger partial charge is 0.293 e. The Kier molecular flexibility index (Phi) is 3.66. The van der Waals surface area contributed by atoms with Gasteiger partial charge in [-0.1, -0.05) is 15.9 Å². The van der Waals surface area contributed by atoms with E-state index in [-0.39, 0.29) is 5.56 Å². The first-order valence-electron chi connectivity index (χ1n) is 3.64. The fourth-order valence-electron chi connectivity index (χ4n) is 0.911. The molecule has 74 valence electrons. The van der Waals surface area contributed by atoms with Crippen molar-refractivity contribution in [3.63, 3.8) is 0 Å². The summed E-state index contributed by atoms with van der Waals surface area (Å²) < 4.78 is 5.42. The Balaban J connectivity index is 3.19. The number of ketones is 1. The van der Waals surface area contributed by atoms with E-state index in [2.05, 4.69) is 15.9 Å². The van der Waals surface area contributed by atoms with Gasteiger partial charge in [-0.05, 0) is 29.8 Å². The molecule has 3 nitrogen and oxygen atoms in total. The highest BCUT2D eigenvalue weighted by Crippen LogP contribution is 2.23. The lowest BCUT2D eigenvalue weighted by Crippen LogP contribution is -2.08. The van der Waals surface area contributed by atoms with Gasteiger partial charge in [0, 0.05) is 10.0 Å². The van der Waals surface area contributed by atoms with Gasteiger partial charge in [0.25, 0.3) is 5.24 Å². The molecule has 0 unspecified atom stereocenters. The van der Waals surface area contributed by atoms with Crippen LogP contribution in [0.5, 0.6) is 5.75 Å². The van der Waals surface area contributed by atoms with Crippen LogP contribution in [-0.4, -0.2) is 18.1 Å². The lowest BCUT2D eigenvalue weighted by atomic mass is 10.1. The summed E-state index contributed by atoms with van der Waals surface area (Å²) in [4.78, 5) is 21.9. The summed E-state index contributed by atoms with van der Waals surface area (Å²) in [6, 6.07) is 4.73. The molecule has 5 heteroatoms. The molecule has 14 heavy (non-hydrogen) atoms. The average Bonchev–Trinajstić information content (AvgIpc) is 2.17. The topological polar surface area (TPSA) is 43.4 Å². The summed E-state index contributed by atoms with van der Waals surface area (Å²) >= 11 is 8.22. The van der Waals surface area contributed by atoms with E-state index in [0.29, 0.717) is 10.2 Å². The largest absolute Gasteiger partial charge is 0.497 e. The molecule has 1 aromatic carbocycles. The maximum atomic E-state index is 11.3. The van der Waals surface area contributed by atoms with E-state index in [4.69, 9.17) is 16.3 Å². The second-order valence-corrected chi connectivity index (χ2v) is 3.65. The normalized spacial score (nSPS) is 9.64. The van der Waals surface area contributed by atoms with Crippen LogP contribution in [0.3, 0.4) is 0 Å². The second kappa shape index (κ2) is 4.57. The maximum Gasteiger partial charge on any atom is 0.293 e. The van der Waals surface area contributed by atoms with Crippen molar-refractivity contribution in [2.75, 3.05) is 7.11 Å². The molecular weight excluding hydrogens is 271 g/mol. The van der Waals surface area contributed by atoms with Crippen molar-refractivity contribution < 1.29 is 14.3 Å². The number of carbonyl (C=O) groups excluding carboxylic acids is 2. The van der Waals surface area contributed by atoms with Gasteiger partial charge in [-0.3, -0.25) is 9.59 Å². The predicted octanol–water partition coefficient (Wildman–Crippen LogP) is 2.41. The quantitative estimate of drug-likeness (QED) is 0.484. The zero-order valence-corrected chi connectivity index (χ0v) is 9.55. The SMILES string of the molecule is COc1ccc(Br)c(C(=O)C(=O)Cl)c1. The van der Waals surface area contributed by atoms with Crippen LogP contribution in [0.2, 0.25) is 0 Å². The molecular formula is C9H6BrClO3. The van der Waals surface area contributed by atoms with Crippen LogP contribution in [-0.2, 0) is 4.79 Å². The van der Waals surface area contributed by atoms with Crippen molar-refractivity contribution in [3.05, 3.63) is 28.2 Å². The minimum absolute atomic E-state index is 0.198. The van der Waals surface area contributed by atoms with Gasteiger partial charge < -0.3 is 4.74 Å². The van der Waals surface area contributed by atoms with Crippen molar-refractivity contribution in [3.8, 4) is 5.75 Å². The van der Waals surface area contributed by atoms with Gasteiger partial charge in [0.1, 0.15) is 5.75 Å². The molecule has 1 aromatic rings. The summed E-state index contributed by atoms with van der Waals surface area (Å²) in [5, 5.41) is -1.01. The number of hydrogen-bond acceptors (Lipinski definition) is 3. The fourth-order valence-corrected chi connectivity index (χ4v) is 1.44. The molecule has 0 fully saturated rings. The second-order valence-electron chi connectivity index (χ2n) is 2.45. The standard InChI is InChI=1S/C9H6BrClO3/c1-14-5-2-3-7(10)6(4-5)8(12)9(11)13/h2-4H,1H3. The van der Waals surface area contributed by atoms with E-state index in [1.54, 1.807) is 12.1 Å². The minimum Gasteiger partial charge on any atom is -0.497 e. The molecule has 0 aliphatic heterocycles. The van der Waals surface area contributed by atoms with Gasteiger partial charge in [0.05, 0.1) is 7.11 Å². The Labute approximate surface area is 94.1 Å². The van der Waals surface area contributed by atoms with Crippen LogP contribution in [0.4, 0.5) is 0 Å². The summed E-state index contributed by atoms with van der Waals surface area (Å²) in [6.45, 7) is 0. The molecule has 0 aromatic heterocycles. The van der Waals surface area contributed by atoms with Crippen molar-refractivity contribution in [2.24, 2.45) is 0 Å². The van der Waals surface area contributed by atoms with Crippen LogP contribution < -0.4 is 4.74 Å². The van der Waals surface area contributed by atoms with Crippen LogP contribution in [0.25, 0.3) is 0 Å². The molecule has 0 radical (unpaired) electrons. The molecule has 0 N–H and O–H groups in total. The van der Waals surface area contributed by atoms with Gasteiger partial charge in [0.15, 0.2) is 0 Å².